The van der Waals surface area contributed by atoms with Gasteiger partial charge in [0, 0.05) is 7.11 Å². The van der Waals surface area contributed by atoms with Crippen LogP contribution in [0.1, 0.15) is 37.3 Å². The van der Waals surface area contributed by atoms with Gasteiger partial charge in [-0.2, -0.15) is 0 Å². The molecule has 1 atom stereocenters. The molecule has 0 N–H and O–H groups in total. The normalized spacial score (nSPS) is 12.8. The quantitative estimate of drug-likeness (QED) is 0.695. The first-order valence-electron chi connectivity index (χ1n) is 5.35. The molecule has 14 heavy (non-hydrogen) atoms. The lowest BCUT2D eigenvalue weighted by Gasteiger charge is -2.09. The first-order chi connectivity index (χ1) is 6.77. The van der Waals surface area contributed by atoms with Crippen molar-refractivity contribution in [3.63, 3.8) is 0 Å². The van der Waals surface area contributed by atoms with Gasteiger partial charge in [-0.25, -0.2) is 0 Å². The molecular weight excluding hydrogens is 172 g/mol. The van der Waals surface area contributed by atoms with Gasteiger partial charge in [-0.15, -0.1) is 0 Å². The Labute approximate surface area is 87.1 Å². The highest BCUT2D eigenvalue weighted by atomic mass is 16.5. The Kier molecular flexibility index (Phi) is 4.68. The molecule has 0 aliphatic heterocycles. The van der Waals surface area contributed by atoms with E-state index in [0.29, 0.717) is 5.92 Å². The van der Waals surface area contributed by atoms with Crippen molar-refractivity contribution in [3.8, 4) is 0 Å². The molecule has 0 spiro atoms. The van der Waals surface area contributed by atoms with Gasteiger partial charge in [0.15, 0.2) is 0 Å². The van der Waals surface area contributed by atoms with Gasteiger partial charge in [0.2, 0.25) is 0 Å². The summed E-state index contributed by atoms with van der Waals surface area (Å²) in [5, 5.41) is 0. The molecule has 0 radical (unpaired) electrons. The van der Waals surface area contributed by atoms with Gasteiger partial charge >= 0.3 is 0 Å². The SMILES string of the molecule is CCC(C)c1ccc(CCOC)cc1. The molecule has 0 bridgehead atoms. The average Bonchev–Trinajstić information content (AvgIpc) is 2.26. The van der Waals surface area contributed by atoms with E-state index >= 15 is 0 Å². The number of benzene rings is 1. The van der Waals surface area contributed by atoms with Crippen molar-refractivity contribution in [2.24, 2.45) is 0 Å². The van der Waals surface area contributed by atoms with Crippen molar-refractivity contribution in [2.45, 2.75) is 32.6 Å². The van der Waals surface area contributed by atoms with Gasteiger partial charge in [-0.05, 0) is 29.9 Å². The van der Waals surface area contributed by atoms with Gasteiger partial charge < -0.3 is 4.74 Å². The van der Waals surface area contributed by atoms with E-state index in [4.69, 9.17) is 4.74 Å². The number of methoxy groups -OCH3 is 1. The minimum absolute atomic E-state index is 0.673. The molecular formula is C13H20O. The van der Waals surface area contributed by atoms with Crippen molar-refractivity contribution in [1.82, 2.24) is 0 Å². The summed E-state index contributed by atoms with van der Waals surface area (Å²) in [5.74, 6) is 0.673. The smallest absolute Gasteiger partial charge is 0.0502 e. The Balaban J connectivity index is 2.59. The first-order valence-corrected chi connectivity index (χ1v) is 5.35. The lowest BCUT2D eigenvalue weighted by atomic mass is 9.97. The predicted octanol–water partition coefficient (Wildman–Crippen LogP) is 3.39. The van der Waals surface area contributed by atoms with E-state index in [0.717, 1.165) is 13.0 Å². The molecule has 0 amide bonds. The second-order valence-corrected chi connectivity index (χ2v) is 3.79. The number of rotatable bonds is 5. The maximum atomic E-state index is 5.04. The molecule has 0 saturated carbocycles. The molecule has 1 rings (SSSR count). The summed E-state index contributed by atoms with van der Waals surface area (Å²) in [5.41, 5.74) is 2.80. The molecule has 0 saturated heterocycles. The van der Waals surface area contributed by atoms with Crippen molar-refractivity contribution >= 4 is 0 Å². The second-order valence-electron chi connectivity index (χ2n) is 3.79. The maximum absolute atomic E-state index is 5.04. The molecule has 0 aliphatic carbocycles. The fraction of sp³-hybridized carbons (Fsp3) is 0.538. The lowest BCUT2D eigenvalue weighted by molar-refractivity contribution is 0.202. The Morgan fingerprint density at radius 3 is 2.36 bits per heavy atom. The zero-order valence-corrected chi connectivity index (χ0v) is 9.42. The minimum Gasteiger partial charge on any atom is -0.384 e. The summed E-state index contributed by atoms with van der Waals surface area (Å²) in [7, 11) is 1.74. The fourth-order valence-electron chi connectivity index (χ4n) is 1.47. The largest absolute Gasteiger partial charge is 0.384 e. The van der Waals surface area contributed by atoms with Crippen LogP contribution in [-0.4, -0.2) is 13.7 Å². The second kappa shape index (κ2) is 5.82. The van der Waals surface area contributed by atoms with E-state index in [9.17, 15) is 0 Å². The summed E-state index contributed by atoms with van der Waals surface area (Å²) in [6.07, 6.45) is 2.22. The third-order valence-electron chi connectivity index (χ3n) is 2.76. The van der Waals surface area contributed by atoms with Gasteiger partial charge in [0.1, 0.15) is 0 Å². The molecule has 0 aliphatic rings. The highest BCUT2D eigenvalue weighted by molar-refractivity contribution is 5.25. The molecule has 1 nitrogen and oxygen atoms in total. The highest BCUT2D eigenvalue weighted by Gasteiger charge is 2.01. The maximum Gasteiger partial charge on any atom is 0.0502 e. The van der Waals surface area contributed by atoms with Crippen LogP contribution in [-0.2, 0) is 11.2 Å². The average molecular weight is 192 g/mol. The Morgan fingerprint density at radius 1 is 1.21 bits per heavy atom. The van der Waals surface area contributed by atoms with E-state index in [-0.39, 0.29) is 0 Å². The molecule has 1 heteroatoms. The lowest BCUT2D eigenvalue weighted by Crippen LogP contribution is -1.96. The van der Waals surface area contributed by atoms with Crippen LogP contribution < -0.4 is 0 Å². The zero-order chi connectivity index (χ0) is 10.4. The van der Waals surface area contributed by atoms with E-state index in [2.05, 4.69) is 38.1 Å². The van der Waals surface area contributed by atoms with E-state index < -0.39 is 0 Å². The summed E-state index contributed by atoms with van der Waals surface area (Å²) in [6, 6.07) is 8.89. The van der Waals surface area contributed by atoms with E-state index in [1.54, 1.807) is 7.11 Å². The van der Waals surface area contributed by atoms with Gasteiger partial charge in [-0.1, -0.05) is 38.1 Å². The highest BCUT2D eigenvalue weighted by Crippen LogP contribution is 2.18. The molecule has 0 heterocycles. The van der Waals surface area contributed by atoms with Crippen LogP contribution in [0.5, 0.6) is 0 Å². The monoisotopic (exact) mass is 192 g/mol. The van der Waals surface area contributed by atoms with Crippen LogP contribution >= 0.6 is 0 Å². The van der Waals surface area contributed by atoms with Crippen molar-refractivity contribution in [3.05, 3.63) is 35.4 Å². The minimum atomic E-state index is 0.673. The summed E-state index contributed by atoms with van der Waals surface area (Å²) < 4.78 is 5.04. The topological polar surface area (TPSA) is 9.23 Å². The Morgan fingerprint density at radius 2 is 1.86 bits per heavy atom. The van der Waals surface area contributed by atoms with E-state index in [1.165, 1.54) is 17.5 Å². The van der Waals surface area contributed by atoms with Crippen LogP contribution in [0.15, 0.2) is 24.3 Å². The van der Waals surface area contributed by atoms with Crippen LogP contribution in [0.25, 0.3) is 0 Å². The molecule has 1 aromatic carbocycles. The van der Waals surface area contributed by atoms with Gasteiger partial charge in [0.05, 0.1) is 6.61 Å². The fourth-order valence-corrected chi connectivity index (χ4v) is 1.47. The zero-order valence-electron chi connectivity index (χ0n) is 9.42. The Bertz CT molecular complexity index is 250. The molecule has 1 aromatic rings. The van der Waals surface area contributed by atoms with Crippen LogP contribution in [0.4, 0.5) is 0 Å². The van der Waals surface area contributed by atoms with E-state index in [1.807, 2.05) is 0 Å². The van der Waals surface area contributed by atoms with Crippen LogP contribution in [0.2, 0.25) is 0 Å². The Hall–Kier alpha value is -0.820. The van der Waals surface area contributed by atoms with Gasteiger partial charge in [0.25, 0.3) is 0 Å². The van der Waals surface area contributed by atoms with Gasteiger partial charge in [-0.3, -0.25) is 0 Å². The van der Waals surface area contributed by atoms with Crippen LogP contribution in [0, 0.1) is 0 Å². The van der Waals surface area contributed by atoms with Crippen LogP contribution in [0.3, 0.4) is 0 Å². The summed E-state index contributed by atoms with van der Waals surface area (Å²) in [4.78, 5) is 0. The van der Waals surface area contributed by atoms with Crippen molar-refractivity contribution in [1.29, 1.82) is 0 Å². The number of hydrogen-bond acceptors (Lipinski definition) is 1. The molecule has 0 fully saturated rings. The standard InChI is InChI=1S/C13H20O/c1-4-11(2)13-7-5-12(6-8-13)9-10-14-3/h5-8,11H,4,9-10H2,1-3H3. The molecule has 0 aromatic heterocycles. The summed E-state index contributed by atoms with van der Waals surface area (Å²) in [6.45, 7) is 5.30. The first kappa shape index (κ1) is 11.3. The third kappa shape index (κ3) is 3.15. The summed E-state index contributed by atoms with van der Waals surface area (Å²) >= 11 is 0. The molecule has 78 valence electrons. The number of ether oxygens (including phenoxy) is 1. The predicted molar refractivity (Wildman–Crippen MR) is 60.7 cm³/mol. The van der Waals surface area contributed by atoms with Crippen molar-refractivity contribution < 1.29 is 4.74 Å². The third-order valence-corrected chi connectivity index (χ3v) is 2.76. The van der Waals surface area contributed by atoms with Crippen molar-refractivity contribution in [2.75, 3.05) is 13.7 Å². The molecule has 1 unspecified atom stereocenters. The number of hydrogen-bond donors (Lipinski definition) is 0.